The number of nitriles is 1. The van der Waals surface area contributed by atoms with Crippen LogP contribution in [0.25, 0.3) is 11.1 Å². The van der Waals surface area contributed by atoms with E-state index < -0.39 is 0 Å². The lowest BCUT2D eigenvalue weighted by Gasteiger charge is -2.37. The van der Waals surface area contributed by atoms with Crippen molar-refractivity contribution in [1.82, 2.24) is 0 Å². The highest BCUT2D eigenvalue weighted by molar-refractivity contribution is 5.81. The van der Waals surface area contributed by atoms with Gasteiger partial charge in [0, 0.05) is 13.1 Å². The van der Waals surface area contributed by atoms with Gasteiger partial charge in [0.05, 0.1) is 11.3 Å². The summed E-state index contributed by atoms with van der Waals surface area (Å²) in [7, 11) is 0. The molecule has 0 saturated carbocycles. The average molecular weight is 379 g/mol. The first kappa shape index (κ1) is 18.0. The van der Waals surface area contributed by atoms with Crippen LogP contribution in [0, 0.1) is 17.2 Å². The molecule has 0 aromatic heterocycles. The van der Waals surface area contributed by atoms with Gasteiger partial charge in [-0.2, -0.15) is 5.26 Å². The highest BCUT2D eigenvalue weighted by atomic mass is 15.1. The third kappa shape index (κ3) is 3.42. The number of hydrogen-bond donors (Lipinski definition) is 0. The molecule has 1 fully saturated rings. The number of rotatable bonds is 3. The SMILES string of the molecule is N#Cc1ccc2c(c1N1CCC(Cc3ccccc3)CC1)CCc1ccccc1-2. The van der Waals surface area contributed by atoms with Gasteiger partial charge < -0.3 is 4.90 Å². The molecule has 1 saturated heterocycles. The third-order valence-corrected chi connectivity index (χ3v) is 6.65. The molecule has 2 heteroatoms. The van der Waals surface area contributed by atoms with E-state index >= 15 is 0 Å². The van der Waals surface area contributed by atoms with E-state index in [-0.39, 0.29) is 0 Å². The van der Waals surface area contributed by atoms with Gasteiger partial charge in [-0.1, -0.05) is 60.7 Å². The molecule has 3 aromatic carbocycles. The molecule has 1 aliphatic heterocycles. The van der Waals surface area contributed by atoms with Crippen LogP contribution in [0.5, 0.6) is 0 Å². The Bertz CT molecular complexity index is 1050. The Morgan fingerprint density at radius 2 is 1.59 bits per heavy atom. The van der Waals surface area contributed by atoms with E-state index in [0.29, 0.717) is 0 Å². The van der Waals surface area contributed by atoms with Crippen molar-refractivity contribution in [2.75, 3.05) is 18.0 Å². The molecule has 0 bridgehead atoms. The Morgan fingerprint density at radius 1 is 0.828 bits per heavy atom. The number of fused-ring (bicyclic) bond motifs is 3. The summed E-state index contributed by atoms with van der Waals surface area (Å²) in [4.78, 5) is 2.49. The van der Waals surface area contributed by atoms with Gasteiger partial charge in [0.15, 0.2) is 0 Å². The number of nitrogens with zero attached hydrogens (tertiary/aromatic N) is 2. The molecule has 1 heterocycles. The molecule has 3 aromatic rings. The van der Waals surface area contributed by atoms with E-state index in [1.165, 1.54) is 52.8 Å². The Morgan fingerprint density at radius 3 is 2.38 bits per heavy atom. The van der Waals surface area contributed by atoms with Crippen molar-refractivity contribution >= 4 is 5.69 Å². The second-order valence-corrected chi connectivity index (χ2v) is 8.38. The van der Waals surface area contributed by atoms with Crippen LogP contribution in [0.2, 0.25) is 0 Å². The zero-order valence-corrected chi connectivity index (χ0v) is 16.8. The molecule has 29 heavy (non-hydrogen) atoms. The lowest BCUT2D eigenvalue weighted by molar-refractivity contribution is 0.403. The Labute approximate surface area is 173 Å². The van der Waals surface area contributed by atoms with E-state index in [4.69, 9.17) is 0 Å². The first-order chi connectivity index (χ1) is 14.3. The van der Waals surface area contributed by atoms with Crippen LogP contribution in [0.15, 0.2) is 66.7 Å². The highest BCUT2D eigenvalue weighted by Crippen LogP contribution is 2.41. The minimum absolute atomic E-state index is 0.736. The number of aryl methyl sites for hydroxylation is 1. The van der Waals surface area contributed by atoms with Crippen molar-refractivity contribution < 1.29 is 0 Å². The molecule has 2 nitrogen and oxygen atoms in total. The second-order valence-electron chi connectivity index (χ2n) is 8.38. The summed E-state index contributed by atoms with van der Waals surface area (Å²) >= 11 is 0. The monoisotopic (exact) mass is 378 g/mol. The molecule has 144 valence electrons. The van der Waals surface area contributed by atoms with Crippen LogP contribution in [0.4, 0.5) is 5.69 Å². The van der Waals surface area contributed by atoms with E-state index in [9.17, 15) is 5.26 Å². The molecule has 0 spiro atoms. The summed E-state index contributed by atoms with van der Waals surface area (Å²) in [5, 5.41) is 9.82. The van der Waals surface area contributed by atoms with Crippen molar-refractivity contribution in [3.8, 4) is 17.2 Å². The van der Waals surface area contributed by atoms with Gasteiger partial charge >= 0.3 is 0 Å². The fraction of sp³-hybridized carbons (Fsp3) is 0.296. The molecule has 2 aliphatic rings. The summed E-state index contributed by atoms with van der Waals surface area (Å²) in [6.07, 6.45) is 5.65. The topological polar surface area (TPSA) is 27.0 Å². The summed E-state index contributed by atoms with van der Waals surface area (Å²) < 4.78 is 0. The summed E-state index contributed by atoms with van der Waals surface area (Å²) in [5.74, 6) is 0.736. The highest BCUT2D eigenvalue weighted by Gasteiger charge is 2.27. The van der Waals surface area contributed by atoms with Gasteiger partial charge in [-0.3, -0.25) is 0 Å². The van der Waals surface area contributed by atoms with Gasteiger partial charge in [0.25, 0.3) is 0 Å². The minimum atomic E-state index is 0.736. The molecular weight excluding hydrogens is 352 g/mol. The Hall–Kier alpha value is -3.05. The van der Waals surface area contributed by atoms with E-state index in [0.717, 1.165) is 37.4 Å². The van der Waals surface area contributed by atoms with Gasteiger partial charge in [0.2, 0.25) is 0 Å². The number of piperidine rings is 1. The average Bonchev–Trinajstić information content (AvgIpc) is 2.79. The van der Waals surface area contributed by atoms with Gasteiger partial charge in [0.1, 0.15) is 6.07 Å². The molecule has 0 atom stereocenters. The lowest BCUT2D eigenvalue weighted by atomic mass is 9.82. The van der Waals surface area contributed by atoms with Gasteiger partial charge in [-0.15, -0.1) is 0 Å². The van der Waals surface area contributed by atoms with Crippen molar-refractivity contribution in [2.24, 2.45) is 5.92 Å². The van der Waals surface area contributed by atoms with Crippen molar-refractivity contribution in [2.45, 2.75) is 32.1 Å². The van der Waals surface area contributed by atoms with E-state index in [1.807, 2.05) is 6.07 Å². The van der Waals surface area contributed by atoms with Crippen molar-refractivity contribution in [3.63, 3.8) is 0 Å². The first-order valence-corrected chi connectivity index (χ1v) is 10.8. The third-order valence-electron chi connectivity index (χ3n) is 6.65. The zero-order chi connectivity index (χ0) is 19.6. The molecule has 0 radical (unpaired) electrons. The van der Waals surface area contributed by atoms with E-state index in [2.05, 4.69) is 71.6 Å². The predicted octanol–water partition coefficient (Wildman–Crippen LogP) is 5.78. The van der Waals surface area contributed by atoms with Gasteiger partial charge in [-0.05, 0) is 71.9 Å². The molecule has 5 rings (SSSR count). The summed E-state index contributed by atoms with van der Waals surface area (Å²) in [5.41, 5.74) is 8.96. The maximum atomic E-state index is 9.82. The molecule has 0 N–H and O–H groups in total. The normalized spacial score (nSPS) is 16.0. The number of anilines is 1. The number of hydrogen-bond acceptors (Lipinski definition) is 2. The fourth-order valence-electron chi connectivity index (χ4n) is 5.16. The summed E-state index contributed by atoms with van der Waals surface area (Å²) in [6, 6.07) is 26.2. The molecule has 0 amide bonds. The molecule has 1 aliphatic carbocycles. The minimum Gasteiger partial charge on any atom is -0.370 e. The predicted molar refractivity (Wildman–Crippen MR) is 119 cm³/mol. The number of benzene rings is 3. The van der Waals surface area contributed by atoms with Crippen molar-refractivity contribution in [1.29, 1.82) is 5.26 Å². The van der Waals surface area contributed by atoms with Crippen LogP contribution in [-0.4, -0.2) is 13.1 Å². The maximum Gasteiger partial charge on any atom is 0.101 e. The standard InChI is InChI=1S/C27H26N2/c28-19-23-11-12-25-24-9-5-4-8-22(24)10-13-26(25)27(23)29-16-14-21(15-17-29)18-20-6-2-1-3-7-20/h1-9,11-12,21H,10,13-18H2. The fourth-order valence-corrected chi connectivity index (χ4v) is 5.16. The Balaban J connectivity index is 1.41. The molecule has 0 unspecified atom stereocenters. The van der Waals surface area contributed by atoms with Crippen LogP contribution in [-0.2, 0) is 19.3 Å². The Kier molecular flexibility index (Phi) is 4.82. The van der Waals surface area contributed by atoms with Crippen molar-refractivity contribution in [3.05, 3.63) is 89.0 Å². The maximum absolute atomic E-state index is 9.82. The smallest absolute Gasteiger partial charge is 0.101 e. The van der Waals surface area contributed by atoms with Crippen LogP contribution in [0.1, 0.15) is 35.1 Å². The second kappa shape index (κ2) is 7.76. The molecular formula is C27H26N2. The summed E-state index contributed by atoms with van der Waals surface area (Å²) in [6.45, 7) is 2.09. The quantitative estimate of drug-likeness (QED) is 0.577. The van der Waals surface area contributed by atoms with Crippen LogP contribution in [0.3, 0.4) is 0 Å². The first-order valence-electron chi connectivity index (χ1n) is 10.8. The van der Waals surface area contributed by atoms with Gasteiger partial charge in [-0.25, -0.2) is 0 Å². The van der Waals surface area contributed by atoms with Crippen LogP contribution >= 0.6 is 0 Å². The largest absolute Gasteiger partial charge is 0.370 e. The lowest BCUT2D eigenvalue weighted by Crippen LogP contribution is -2.35. The zero-order valence-electron chi connectivity index (χ0n) is 16.8. The van der Waals surface area contributed by atoms with E-state index in [1.54, 1.807) is 0 Å². The van der Waals surface area contributed by atoms with Crippen LogP contribution < -0.4 is 4.90 Å².